The number of fused-ring (bicyclic) bond motifs is 7. The first kappa shape index (κ1) is 27.0. The number of amides is 1. The summed E-state index contributed by atoms with van der Waals surface area (Å²) in [6.45, 7) is 17.4. The molecule has 4 nitrogen and oxygen atoms in total. The van der Waals surface area contributed by atoms with Crippen LogP contribution in [0.3, 0.4) is 0 Å². The van der Waals surface area contributed by atoms with E-state index in [-0.39, 0.29) is 45.4 Å². The fourth-order valence-electron chi connectivity index (χ4n) is 11.6. The van der Waals surface area contributed by atoms with E-state index < -0.39 is 5.41 Å². The molecule has 4 heteroatoms. The molecular weight excluding hydrogens is 470 g/mol. The Kier molecular flexibility index (Phi) is 6.00. The molecule has 6 rings (SSSR count). The minimum atomic E-state index is -0.614. The van der Waals surface area contributed by atoms with E-state index in [0.717, 1.165) is 44.2 Å². The fourth-order valence-corrected chi connectivity index (χ4v) is 11.6. The Morgan fingerprint density at radius 2 is 1.61 bits per heavy atom. The molecule has 0 bridgehead atoms. The van der Waals surface area contributed by atoms with E-state index in [4.69, 9.17) is 0 Å². The third kappa shape index (κ3) is 3.37. The van der Waals surface area contributed by atoms with E-state index in [9.17, 15) is 14.7 Å². The van der Waals surface area contributed by atoms with Gasteiger partial charge in [-0.3, -0.25) is 9.59 Å². The Morgan fingerprint density at radius 1 is 0.895 bits per heavy atom. The van der Waals surface area contributed by atoms with Crippen molar-refractivity contribution in [1.29, 1.82) is 0 Å². The maximum atomic E-state index is 14.0. The lowest BCUT2D eigenvalue weighted by molar-refractivity contribution is -0.228. The molecule has 6 aliphatic carbocycles. The van der Waals surface area contributed by atoms with Gasteiger partial charge in [-0.2, -0.15) is 0 Å². The largest absolute Gasteiger partial charge is 0.393 e. The molecule has 0 aromatic heterocycles. The van der Waals surface area contributed by atoms with Gasteiger partial charge in [0.15, 0.2) is 5.78 Å². The van der Waals surface area contributed by atoms with Crippen LogP contribution in [0.25, 0.3) is 0 Å². The standard InChI is InChI=1S/C34H53NO3/c1-20(2)27-23(36)18-34(29(38)35-19-21-8-9-21)17-16-32(6)22(28(27)34)10-11-25-31(5)14-13-26(37)30(3,4)24(31)12-15-33(25,32)7/h20-22,24-26,37H,8-19H2,1-7H3,(H,35,38)/t22?,24?,25?,26-,31-,32+,33+,34+/m0/s1. The zero-order valence-corrected chi connectivity index (χ0v) is 25.2. The molecular formula is C34H53NO3. The topological polar surface area (TPSA) is 66.4 Å². The van der Waals surface area contributed by atoms with Crippen LogP contribution in [0.15, 0.2) is 11.1 Å². The molecule has 0 saturated heterocycles. The Balaban J connectivity index is 1.41. The molecule has 212 valence electrons. The Morgan fingerprint density at radius 3 is 2.26 bits per heavy atom. The van der Waals surface area contributed by atoms with Crippen LogP contribution in [0.1, 0.15) is 119 Å². The van der Waals surface area contributed by atoms with Gasteiger partial charge < -0.3 is 10.4 Å². The predicted octanol–water partition coefficient (Wildman–Crippen LogP) is 6.85. The molecule has 38 heavy (non-hydrogen) atoms. The SMILES string of the molecule is CC(C)C1=C2C3CCC4[C@@]5(C)CC[C@H](O)C(C)(C)C5CC[C@@]4(C)[C@]3(C)CC[C@@]2(C(=O)NCC2CC2)CC1=O. The van der Waals surface area contributed by atoms with Crippen molar-refractivity contribution in [3.05, 3.63) is 11.1 Å². The molecule has 0 aromatic carbocycles. The molecule has 1 amide bonds. The molecule has 0 aliphatic heterocycles. The van der Waals surface area contributed by atoms with Crippen LogP contribution in [0.5, 0.6) is 0 Å². The number of nitrogens with one attached hydrogen (secondary N) is 1. The highest BCUT2D eigenvalue weighted by atomic mass is 16.3. The summed E-state index contributed by atoms with van der Waals surface area (Å²) in [6.07, 6.45) is 11.2. The van der Waals surface area contributed by atoms with Crippen LogP contribution in [0.2, 0.25) is 0 Å². The Bertz CT molecular complexity index is 1070. The van der Waals surface area contributed by atoms with Crippen molar-refractivity contribution in [2.45, 2.75) is 125 Å². The van der Waals surface area contributed by atoms with Crippen LogP contribution in [0, 0.1) is 56.7 Å². The van der Waals surface area contributed by atoms with Crippen molar-refractivity contribution < 1.29 is 14.7 Å². The van der Waals surface area contributed by atoms with Gasteiger partial charge in [0.1, 0.15) is 0 Å². The number of ketones is 1. The van der Waals surface area contributed by atoms with Crippen LogP contribution in [-0.2, 0) is 9.59 Å². The first-order valence-corrected chi connectivity index (χ1v) is 16.0. The van der Waals surface area contributed by atoms with Gasteiger partial charge >= 0.3 is 0 Å². The Hall–Kier alpha value is -1.16. The zero-order valence-electron chi connectivity index (χ0n) is 25.2. The highest BCUT2D eigenvalue weighted by Gasteiger charge is 2.70. The average Bonchev–Trinajstić information content (AvgIpc) is 3.61. The second-order valence-electron chi connectivity index (χ2n) is 16.3. The predicted molar refractivity (Wildman–Crippen MR) is 151 cm³/mol. The van der Waals surface area contributed by atoms with E-state index in [1.54, 1.807) is 0 Å². The van der Waals surface area contributed by atoms with Gasteiger partial charge in [0.05, 0.1) is 11.5 Å². The van der Waals surface area contributed by atoms with E-state index in [1.807, 2.05) is 0 Å². The number of Topliss-reactive ketones (excluding diaryl/α,β-unsaturated/α-hetero) is 1. The highest BCUT2D eigenvalue weighted by Crippen LogP contribution is 2.76. The number of hydrogen-bond acceptors (Lipinski definition) is 3. The molecule has 0 radical (unpaired) electrons. The summed E-state index contributed by atoms with van der Waals surface area (Å²) < 4.78 is 0. The van der Waals surface area contributed by atoms with Gasteiger partial charge in [0.25, 0.3) is 0 Å². The minimum Gasteiger partial charge on any atom is -0.393 e. The minimum absolute atomic E-state index is 0.0430. The second kappa shape index (κ2) is 8.43. The first-order chi connectivity index (χ1) is 17.7. The molecule has 0 spiro atoms. The fraction of sp³-hybridized carbons (Fsp3) is 0.882. The summed E-state index contributed by atoms with van der Waals surface area (Å²) in [7, 11) is 0. The first-order valence-electron chi connectivity index (χ1n) is 16.0. The molecule has 5 saturated carbocycles. The third-order valence-electron chi connectivity index (χ3n) is 14.1. The number of hydrogen-bond donors (Lipinski definition) is 2. The van der Waals surface area contributed by atoms with Crippen molar-refractivity contribution in [2.75, 3.05) is 6.54 Å². The van der Waals surface area contributed by atoms with Crippen LogP contribution < -0.4 is 5.32 Å². The molecule has 6 aliphatic rings. The quantitative estimate of drug-likeness (QED) is 0.423. The molecule has 3 unspecified atom stereocenters. The van der Waals surface area contributed by atoms with Crippen LogP contribution >= 0.6 is 0 Å². The molecule has 0 heterocycles. The smallest absolute Gasteiger partial charge is 0.230 e. The number of carbonyl (C=O) groups excluding carboxylic acids is 2. The lowest BCUT2D eigenvalue weighted by Crippen LogP contribution is -2.66. The summed E-state index contributed by atoms with van der Waals surface area (Å²) >= 11 is 0. The maximum absolute atomic E-state index is 14.0. The van der Waals surface area contributed by atoms with E-state index in [0.29, 0.717) is 30.1 Å². The van der Waals surface area contributed by atoms with E-state index in [2.05, 4.69) is 53.8 Å². The molecule has 5 fully saturated rings. The summed E-state index contributed by atoms with van der Waals surface area (Å²) in [5.74, 6) is 2.68. The van der Waals surface area contributed by atoms with Crippen molar-refractivity contribution in [2.24, 2.45) is 56.7 Å². The number of aliphatic hydroxyl groups is 1. The molecule has 0 aromatic rings. The van der Waals surface area contributed by atoms with Gasteiger partial charge in [-0.05, 0) is 127 Å². The lowest BCUT2D eigenvalue weighted by Gasteiger charge is -2.72. The van der Waals surface area contributed by atoms with E-state index in [1.165, 1.54) is 37.7 Å². The van der Waals surface area contributed by atoms with Gasteiger partial charge in [-0.15, -0.1) is 0 Å². The van der Waals surface area contributed by atoms with Gasteiger partial charge in [-0.1, -0.05) is 48.5 Å². The van der Waals surface area contributed by atoms with Crippen molar-refractivity contribution in [1.82, 2.24) is 5.32 Å². The monoisotopic (exact) mass is 523 g/mol. The summed E-state index contributed by atoms with van der Waals surface area (Å²) in [5, 5.41) is 14.3. The summed E-state index contributed by atoms with van der Waals surface area (Å²) in [6, 6.07) is 0. The van der Waals surface area contributed by atoms with Gasteiger partial charge in [0, 0.05) is 13.0 Å². The van der Waals surface area contributed by atoms with Crippen molar-refractivity contribution in [3.8, 4) is 0 Å². The Labute approximate surface area is 231 Å². The maximum Gasteiger partial charge on any atom is 0.230 e. The van der Waals surface area contributed by atoms with Crippen LogP contribution in [0.4, 0.5) is 0 Å². The summed E-state index contributed by atoms with van der Waals surface area (Å²) in [5.41, 5.74) is 2.12. The van der Waals surface area contributed by atoms with Crippen molar-refractivity contribution >= 4 is 11.7 Å². The second-order valence-corrected chi connectivity index (χ2v) is 16.3. The normalized spacial score (nSPS) is 47.8. The van der Waals surface area contributed by atoms with E-state index >= 15 is 0 Å². The molecule has 2 N–H and O–H groups in total. The molecule has 8 atom stereocenters. The number of carbonyl (C=O) groups is 2. The van der Waals surface area contributed by atoms with Gasteiger partial charge in [0.2, 0.25) is 5.91 Å². The van der Waals surface area contributed by atoms with Gasteiger partial charge in [-0.25, -0.2) is 0 Å². The third-order valence-corrected chi connectivity index (χ3v) is 14.1. The zero-order chi connectivity index (χ0) is 27.5. The average molecular weight is 524 g/mol. The van der Waals surface area contributed by atoms with Crippen molar-refractivity contribution in [3.63, 3.8) is 0 Å². The number of aliphatic hydroxyl groups excluding tert-OH is 1. The summed E-state index contributed by atoms with van der Waals surface area (Å²) in [4.78, 5) is 27.7. The van der Waals surface area contributed by atoms with Crippen LogP contribution in [-0.4, -0.2) is 29.4 Å². The lowest BCUT2D eigenvalue weighted by atomic mass is 9.33. The number of rotatable bonds is 4. The number of allylic oxidation sites excluding steroid dienone is 1. The highest BCUT2D eigenvalue weighted by molar-refractivity contribution is 6.06.